The molecule has 1 N–H and O–H groups in total. The van der Waals surface area contributed by atoms with Gasteiger partial charge in [0.15, 0.2) is 15.9 Å². The molecule has 9 heteroatoms. The number of nitrogens with one attached hydrogen (secondary N) is 1. The summed E-state index contributed by atoms with van der Waals surface area (Å²) in [6.45, 7) is 0. The van der Waals surface area contributed by atoms with Crippen LogP contribution in [0, 0.1) is 0 Å². The van der Waals surface area contributed by atoms with Gasteiger partial charge in [-0.25, -0.2) is 4.98 Å². The van der Waals surface area contributed by atoms with Gasteiger partial charge in [-0.1, -0.05) is 17.4 Å². The number of rotatable bonds is 3. The minimum atomic E-state index is -1.37. The van der Waals surface area contributed by atoms with Gasteiger partial charge in [-0.2, -0.15) is 0 Å². The quantitative estimate of drug-likeness (QED) is 0.613. The maximum Gasteiger partial charge on any atom is 0.200 e. The molecule has 3 aromatic heterocycles. The first-order chi connectivity index (χ1) is 11.2. The molecule has 0 atom stereocenters. The molecule has 0 fully saturated rings. The largest absolute Gasteiger partial charge is 0.530 e. The predicted molar refractivity (Wildman–Crippen MR) is 85.7 cm³/mol. The number of benzene rings is 1. The maximum absolute atomic E-state index is 10.6. The highest BCUT2D eigenvalue weighted by Crippen LogP contribution is 2.32. The van der Waals surface area contributed by atoms with Gasteiger partial charge in [0.2, 0.25) is 0 Å². The molecule has 0 radical (unpaired) electrons. The van der Waals surface area contributed by atoms with Crippen molar-refractivity contribution in [2.75, 3.05) is 5.32 Å². The summed E-state index contributed by atoms with van der Waals surface area (Å²) < 4.78 is 2.79. The van der Waals surface area contributed by atoms with Crippen LogP contribution in [0.4, 0.5) is 9.93 Å². The number of carboxylic acid groups (broad SMARTS) is 1. The Morgan fingerprint density at radius 3 is 3.04 bits per heavy atom. The number of hydrogen-bond acceptors (Lipinski definition) is 7. The van der Waals surface area contributed by atoms with Gasteiger partial charge >= 0.3 is 0 Å². The van der Waals surface area contributed by atoms with Gasteiger partial charge in [0.25, 0.3) is 0 Å². The summed E-state index contributed by atoms with van der Waals surface area (Å²) in [5.74, 6) is 0. The molecule has 4 rings (SSSR count). The van der Waals surface area contributed by atoms with Crippen molar-refractivity contribution in [3.8, 4) is 0 Å². The van der Waals surface area contributed by atoms with E-state index in [-0.39, 0.29) is 0 Å². The van der Waals surface area contributed by atoms with Crippen LogP contribution in [-0.4, -0.2) is 25.7 Å². The van der Waals surface area contributed by atoms with E-state index in [4.69, 9.17) is 0 Å². The molecule has 0 saturated carbocycles. The Balaban J connectivity index is 1.67. The van der Waals surface area contributed by atoms with E-state index < -0.39 is 6.09 Å². The molecule has 0 bridgehead atoms. The van der Waals surface area contributed by atoms with Crippen LogP contribution in [0.5, 0.6) is 0 Å². The summed E-state index contributed by atoms with van der Waals surface area (Å²) in [7, 11) is 0. The standard InChI is InChI=1S/C14H9N5O2S2/c20-14(21)16-12-15-9-5-4-8(7-10(9)23-12)22-13-18-17-11-3-1-2-6-19(11)13/h1-7H,(H,15,16)(H,20,21)/p-1. The number of amides is 1. The van der Waals surface area contributed by atoms with E-state index in [1.165, 1.54) is 23.1 Å². The minimum absolute atomic E-state index is 0.301. The normalized spacial score (nSPS) is 11.1. The molecule has 0 unspecified atom stereocenters. The molecule has 23 heavy (non-hydrogen) atoms. The molecule has 0 aliphatic rings. The van der Waals surface area contributed by atoms with Gasteiger partial charge in [-0.05, 0) is 42.1 Å². The Hall–Kier alpha value is -2.65. The molecule has 1 amide bonds. The fraction of sp³-hybridized carbons (Fsp3) is 0. The predicted octanol–water partition coefficient (Wildman–Crippen LogP) is 2.25. The lowest BCUT2D eigenvalue weighted by Gasteiger charge is -1.99. The Bertz CT molecular complexity index is 1030. The zero-order valence-corrected chi connectivity index (χ0v) is 13.1. The first kappa shape index (κ1) is 14.0. The third-order valence-electron chi connectivity index (χ3n) is 3.06. The van der Waals surface area contributed by atoms with Crippen LogP contribution < -0.4 is 10.4 Å². The fourth-order valence-corrected chi connectivity index (χ4v) is 3.93. The van der Waals surface area contributed by atoms with Crippen molar-refractivity contribution in [2.24, 2.45) is 0 Å². The van der Waals surface area contributed by atoms with E-state index in [9.17, 15) is 9.90 Å². The lowest BCUT2D eigenvalue weighted by molar-refractivity contribution is -0.242. The molecular formula is C14H8N5O2S2-. The number of carbonyl (C=O) groups excluding carboxylic acids is 1. The van der Waals surface area contributed by atoms with Crippen LogP contribution in [-0.2, 0) is 0 Å². The summed E-state index contributed by atoms with van der Waals surface area (Å²) in [5.41, 5.74) is 1.52. The number of pyridine rings is 1. The zero-order valence-electron chi connectivity index (χ0n) is 11.5. The van der Waals surface area contributed by atoms with Crippen LogP contribution in [0.2, 0.25) is 0 Å². The summed E-state index contributed by atoms with van der Waals surface area (Å²) in [6.07, 6.45) is 0.540. The van der Waals surface area contributed by atoms with E-state index in [0.717, 1.165) is 25.9 Å². The number of fused-ring (bicyclic) bond motifs is 2. The first-order valence-corrected chi connectivity index (χ1v) is 8.18. The van der Waals surface area contributed by atoms with Crippen LogP contribution in [0.15, 0.2) is 52.6 Å². The molecule has 0 aliphatic heterocycles. The van der Waals surface area contributed by atoms with Crippen molar-refractivity contribution < 1.29 is 9.90 Å². The van der Waals surface area contributed by atoms with E-state index in [2.05, 4.69) is 20.5 Å². The molecular weight excluding hydrogens is 334 g/mol. The highest BCUT2D eigenvalue weighted by Gasteiger charge is 2.09. The minimum Gasteiger partial charge on any atom is -0.530 e. The molecule has 0 spiro atoms. The van der Waals surface area contributed by atoms with Crippen molar-refractivity contribution in [1.82, 2.24) is 19.6 Å². The molecule has 4 aromatic rings. The van der Waals surface area contributed by atoms with Gasteiger partial charge in [0, 0.05) is 11.1 Å². The second-order valence-electron chi connectivity index (χ2n) is 4.57. The first-order valence-electron chi connectivity index (χ1n) is 6.55. The van der Waals surface area contributed by atoms with Crippen LogP contribution in [0.1, 0.15) is 0 Å². The Kier molecular flexibility index (Phi) is 3.36. The van der Waals surface area contributed by atoms with E-state index in [0.29, 0.717) is 5.13 Å². The van der Waals surface area contributed by atoms with Crippen molar-refractivity contribution in [3.05, 3.63) is 42.6 Å². The van der Waals surface area contributed by atoms with Gasteiger partial charge in [0.1, 0.15) is 6.09 Å². The van der Waals surface area contributed by atoms with E-state index in [1.807, 2.05) is 47.0 Å². The third kappa shape index (κ3) is 2.71. The average molecular weight is 342 g/mol. The monoisotopic (exact) mass is 342 g/mol. The fourth-order valence-electron chi connectivity index (χ4n) is 2.10. The zero-order chi connectivity index (χ0) is 15.8. The summed E-state index contributed by atoms with van der Waals surface area (Å²) in [5, 5.41) is 22.1. The topological polar surface area (TPSA) is 95.2 Å². The van der Waals surface area contributed by atoms with Gasteiger partial charge in [0.05, 0.1) is 10.2 Å². The number of aromatic nitrogens is 4. The number of hydrogen-bond donors (Lipinski definition) is 1. The molecule has 114 valence electrons. The molecule has 3 heterocycles. The second kappa shape index (κ2) is 5.52. The van der Waals surface area contributed by atoms with Gasteiger partial charge in [-0.15, -0.1) is 10.2 Å². The van der Waals surface area contributed by atoms with Gasteiger partial charge < -0.3 is 15.2 Å². The van der Waals surface area contributed by atoms with E-state index in [1.54, 1.807) is 0 Å². The molecule has 1 aromatic carbocycles. The Morgan fingerprint density at radius 1 is 1.26 bits per heavy atom. The summed E-state index contributed by atoms with van der Waals surface area (Å²) in [4.78, 5) is 15.7. The van der Waals surface area contributed by atoms with Gasteiger partial charge in [-0.3, -0.25) is 4.40 Å². The number of anilines is 1. The van der Waals surface area contributed by atoms with Crippen molar-refractivity contribution in [3.63, 3.8) is 0 Å². The molecule has 7 nitrogen and oxygen atoms in total. The van der Waals surface area contributed by atoms with Crippen LogP contribution in [0.3, 0.4) is 0 Å². The highest BCUT2D eigenvalue weighted by atomic mass is 32.2. The average Bonchev–Trinajstić information content (AvgIpc) is 3.10. The summed E-state index contributed by atoms with van der Waals surface area (Å²) >= 11 is 2.74. The lowest BCUT2D eigenvalue weighted by Crippen LogP contribution is -2.28. The molecule has 0 saturated heterocycles. The molecule has 0 aliphatic carbocycles. The van der Waals surface area contributed by atoms with Crippen LogP contribution >= 0.6 is 23.1 Å². The Labute approximate surface area is 138 Å². The lowest BCUT2D eigenvalue weighted by atomic mass is 10.3. The third-order valence-corrected chi connectivity index (χ3v) is 4.94. The van der Waals surface area contributed by atoms with E-state index >= 15 is 0 Å². The summed E-state index contributed by atoms with van der Waals surface area (Å²) in [6, 6.07) is 11.4. The van der Waals surface area contributed by atoms with Crippen LogP contribution in [0.25, 0.3) is 15.9 Å². The SMILES string of the molecule is O=C([O-])Nc1nc2ccc(Sc3nnc4ccccn34)cc2s1. The second-order valence-corrected chi connectivity index (χ2v) is 6.65. The Morgan fingerprint density at radius 2 is 2.17 bits per heavy atom. The van der Waals surface area contributed by atoms with Crippen molar-refractivity contribution in [2.45, 2.75) is 10.1 Å². The number of nitrogens with zero attached hydrogens (tertiary/aromatic N) is 4. The number of carbonyl (C=O) groups is 1. The van der Waals surface area contributed by atoms with Crippen molar-refractivity contribution >= 4 is 50.2 Å². The highest BCUT2D eigenvalue weighted by molar-refractivity contribution is 7.99. The maximum atomic E-state index is 10.6. The smallest absolute Gasteiger partial charge is 0.200 e. The number of thiazole rings is 1. The van der Waals surface area contributed by atoms with Crippen molar-refractivity contribution in [1.29, 1.82) is 0 Å².